The molecule has 1 aliphatic heterocycles. The number of amides is 2. The van der Waals surface area contributed by atoms with Gasteiger partial charge in [0.25, 0.3) is 5.92 Å². The quantitative estimate of drug-likeness (QED) is 0.523. The van der Waals surface area contributed by atoms with Crippen LogP contribution < -0.4 is 10.0 Å². The number of hydrogen-bond acceptors (Lipinski definition) is 3. The minimum Gasteiger partial charge on any atom is -0.332 e. The second kappa shape index (κ2) is 9.42. The number of alkyl halides is 3. The highest BCUT2D eigenvalue weighted by Gasteiger charge is 2.61. The predicted molar refractivity (Wildman–Crippen MR) is 124 cm³/mol. The monoisotopic (exact) mass is 513 g/mol. The summed E-state index contributed by atoms with van der Waals surface area (Å²) in [5.74, 6) is -3.67. The molecule has 35 heavy (non-hydrogen) atoms. The molecule has 2 amide bonds. The third-order valence-electron chi connectivity index (χ3n) is 6.68. The Kier molecular flexibility index (Phi) is 6.85. The van der Waals surface area contributed by atoms with Gasteiger partial charge in [0.15, 0.2) is 0 Å². The van der Waals surface area contributed by atoms with Crippen LogP contribution in [0.3, 0.4) is 0 Å². The fraction of sp³-hybridized carbons (Fsp3) is 0.458. The molecule has 4 rings (SSSR count). The number of nitrogens with one attached hydrogen (secondary N) is 2. The van der Waals surface area contributed by atoms with Gasteiger partial charge in [-0.2, -0.15) is 0 Å². The molecule has 2 atom stereocenters. The standard InChI is InChI=1S/C24H27F4N3O3S/c1-23(27,28)13-29-22(32)31-14-24(10-11-24)21(30-35(33,34)15-25)19(31)12-17-8-5-9-18(20(17)26)16-6-3-2-4-7-16/h2-9,19,21,30H,10-15H2,1H3,(H,29,32)/t19-,21+/m0/s1. The SMILES string of the molecule is CC(F)(F)CNC(=O)N1CC2(CC2)[C@H](NS(=O)(=O)CF)[C@@H]1Cc1cccc(-c2ccccc2)c1F. The van der Waals surface area contributed by atoms with Crippen LogP contribution >= 0.6 is 0 Å². The Bertz CT molecular complexity index is 1180. The number of sulfonamides is 1. The van der Waals surface area contributed by atoms with Crippen molar-refractivity contribution in [3.05, 3.63) is 59.9 Å². The van der Waals surface area contributed by atoms with Crippen molar-refractivity contribution >= 4 is 16.1 Å². The number of rotatable bonds is 8. The van der Waals surface area contributed by atoms with Crippen molar-refractivity contribution in [2.24, 2.45) is 5.41 Å². The fourth-order valence-corrected chi connectivity index (χ4v) is 5.64. The summed E-state index contributed by atoms with van der Waals surface area (Å²) in [5, 5.41) is 2.19. The van der Waals surface area contributed by atoms with Gasteiger partial charge < -0.3 is 10.2 Å². The van der Waals surface area contributed by atoms with E-state index in [1.54, 1.807) is 42.5 Å². The van der Waals surface area contributed by atoms with Crippen LogP contribution in [0.4, 0.5) is 22.4 Å². The average molecular weight is 514 g/mol. The summed E-state index contributed by atoms with van der Waals surface area (Å²) in [6, 6.07) is 9.43. The first-order chi connectivity index (χ1) is 16.4. The maximum absolute atomic E-state index is 15.6. The molecule has 2 aromatic rings. The van der Waals surface area contributed by atoms with Gasteiger partial charge in [0.05, 0.1) is 12.6 Å². The van der Waals surface area contributed by atoms with Crippen molar-refractivity contribution in [1.82, 2.24) is 14.9 Å². The lowest BCUT2D eigenvalue weighted by Gasteiger charge is -2.30. The minimum absolute atomic E-state index is 0.0797. The fourth-order valence-electron chi connectivity index (χ4n) is 4.79. The summed E-state index contributed by atoms with van der Waals surface area (Å²) in [6.45, 7) is -0.140. The number of halogens is 4. The molecule has 2 aliphatic rings. The molecule has 1 saturated heterocycles. The van der Waals surface area contributed by atoms with Gasteiger partial charge in [0.2, 0.25) is 16.0 Å². The molecular formula is C24H27F4N3O3S. The van der Waals surface area contributed by atoms with Crippen molar-refractivity contribution in [3.8, 4) is 11.1 Å². The van der Waals surface area contributed by atoms with E-state index in [9.17, 15) is 26.4 Å². The molecule has 6 nitrogen and oxygen atoms in total. The van der Waals surface area contributed by atoms with Gasteiger partial charge in [-0.1, -0.05) is 48.5 Å². The lowest BCUT2D eigenvalue weighted by atomic mass is 9.91. The van der Waals surface area contributed by atoms with Gasteiger partial charge in [-0.05, 0) is 30.4 Å². The molecule has 2 fully saturated rings. The lowest BCUT2D eigenvalue weighted by Crippen LogP contribution is -2.52. The molecule has 1 aliphatic carbocycles. The Labute approximate surface area is 201 Å². The van der Waals surface area contributed by atoms with Crippen LogP contribution in [0.15, 0.2) is 48.5 Å². The number of benzene rings is 2. The van der Waals surface area contributed by atoms with Crippen molar-refractivity contribution in [2.75, 3.05) is 19.1 Å². The van der Waals surface area contributed by atoms with E-state index in [4.69, 9.17) is 0 Å². The second-order valence-corrected chi connectivity index (χ2v) is 11.1. The van der Waals surface area contributed by atoms with Gasteiger partial charge in [-0.3, -0.25) is 0 Å². The zero-order chi connectivity index (χ0) is 25.4. The first kappa shape index (κ1) is 25.4. The summed E-state index contributed by atoms with van der Waals surface area (Å²) in [7, 11) is -4.29. The topological polar surface area (TPSA) is 78.5 Å². The molecule has 0 bridgehead atoms. The van der Waals surface area contributed by atoms with Gasteiger partial charge in [-0.15, -0.1) is 0 Å². The highest BCUT2D eigenvalue weighted by Crippen LogP contribution is 2.55. The molecular weight excluding hydrogens is 486 g/mol. The zero-order valence-corrected chi connectivity index (χ0v) is 19.9. The number of carbonyl (C=O) groups is 1. The van der Waals surface area contributed by atoms with Crippen molar-refractivity contribution < 1.29 is 30.8 Å². The number of carbonyl (C=O) groups excluding carboxylic acids is 1. The van der Waals surface area contributed by atoms with Crippen molar-refractivity contribution in [3.63, 3.8) is 0 Å². The van der Waals surface area contributed by atoms with Crippen molar-refractivity contribution in [1.29, 1.82) is 0 Å². The molecule has 0 unspecified atom stereocenters. The Hall–Kier alpha value is -2.66. The van der Waals surface area contributed by atoms with E-state index in [0.717, 1.165) is 0 Å². The summed E-state index contributed by atoms with van der Waals surface area (Å²) in [4.78, 5) is 14.2. The normalized spacial score (nSPS) is 21.3. The number of nitrogens with zero attached hydrogens (tertiary/aromatic N) is 1. The van der Waals surface area contributed by atoms with E-state index in [1.165, 1.54) is 11.0 Å². The number of hydrogen-bond donors (Lipinski definition) is 2. The first-order valence-electron chi connectivity index (χ1n) is 11.3. The van der Waals surface area contributed by atoms with E-state index in [2.05, 4.69) is 10.0 Å². The maximum Gasteiger partial charge on any atom is 0.317 e. The summed E-state index contributed by atoms with van der Waals surface area (Å²) >= 11 is 0. The molecule has 1 spiro atoms. The average Bonchev–Trinajstić information content (AvgIpc) is 3.54. The lowest BCUT2D eigenvalue weighted by molar-refractivity contribution is 0.0237. The molecule has 1 heterocycles. The second-order valence-electron chi connectivity index (χ2n) is 9.45. The Morgan fingerprint density at radius 3 is 2.43 bits per heavy atom. The Morgan fingerprint density at radius 1 is 1.14 bits per heavy atom. The van der Waals surface area contributed by atoms with E-state index < -0.39 is 57.8 Å². The minimum atomic E-state index is -4.29. The van der Waals surface area contributed by atoms with Crippen LogP contribution in [0.2, 0.25) is 0 Å². The number of urea groups is 1. The molecule has 2 N–H and O–H groups in total. The molecule has 0 radical (unpaired) electrons. The van der Waals surface area contributed by atoms with Crippen LogP contribution in [0, 0.1) is 11.2 Å². The smallest absolute Gasteiger partial charge is 0.317 e. The van der Waals surface area contributed by atoms with Crippen LogP contribution in [0.25, 0.3) is 11.1 Å². The van der Waals surface area contributed by atoms with Crippen LogP contribution in [0.5, 0.6) is 0 Å². The summed E-state index contributed by atoms with van der Waals surface area (Å²) < 4.78 is 82.1. The van der Waals surface area contributed by atoms with Gasteiger partial charge in [-0.25, -0.2) is 35.5 Å². The third-order valence-corrected chi connectivity index (χ3v) is 7.58. The molecule has 11 heteroatoms. The number of likely N-dealkylation sites (tertiary alicyclic amines) is 1. The Balaban J connectivity index is 1.68. The van der Waals surface area contributed by atoms with E-state index in [-0.39, 0.29) is 18.5 Å². The van der Waals surface area contributed by atoms with E-state index in [1.807, 2.05) is 0 Å². The third kappa shape index (κ3) is 5.61. The highest BCUT2D eigenvalue weighted by molar-refractivity contribution is 7.89. The van der Waals surface area contributed by atoms with Crippen LogP contribution in [-0.2, 0) is 16.4 Å². The van der Waals surface area contributed by atoms with Crippen molar-refractivity contribution in [2.45, 2.75) is 44.2 Å². The molecule has 1 saturated carbocycles. The molecule has 190 valence electrons. The Morgan fingerprint density at radius 2 is 1.83 bits per heavy atom. The molecule has 2 aromatic carbocycles. The molecule has 0 aromatic heterocycles. The largest absolute Gasteiger partial charge is 0.332 e. The van der Waals surface area contributed by atoms with Gasteiger partial charge in [0.1, 0.15) is 5.82 Å². The van der Waals surface area contributed by atoms with Gasteiger partial charge in [0, 0.05) is 30.5 Å². The van der Waals surface area contributed by atoms with E-state index in [0.29, 0.717) is 30.9 Å². The predicted octanol–water partition coefficient (Wildman–Crippen LogP) is 4.08. The van der Waals surface area contributed by atoms with Crippen LogP contribution in [0.1, 0.15) is 25.3 Å². The van der Waals surface area contributed by atoms with Gasteiger partial charge >= 0.3 is 6.03 Å². The summed E-state index contributed by atoms with van der Waals surface area (Å²) in [6.07, 6.45) is 1.07. The first-order valence-corrected chi connectivity index (χ1v) is 12.9. The maximum atomic E-state index is 15.6. The van der Waals surface area contributed by atoms with E-state index >= 15 is 4.39 Å². The highest BCUT2D eigenvalue weighted by atomic mass is 32.2. The van der Waals surface area contributed by atoms with Crippen LogP contribution in [-0.4, -0.2) is 56.5 Å². The summed E-state index contributed by atoms with van der Waals surface area (Å²) in [5.41, 5.74) is 0.570. The zero-order valence-electron chi connectivity index (χ0n) is 19.1.